The van der Waals surface area contributed by atoms with Crippen molar-refractivity contribution in [1.82, 2.24) is 0 Å². The molecule has 0 spiro atoms. The molecule has 0 fully saturated rings. The highest BCUT2D eigenvalue weighted by Crippen LogP contribution is 2.37. The van der Waals surface area contributed by atoms with Gasteiger partial charge in [0.1, 0.15) is 0 Å². The normalized spacial score (nSPS) is 13.2. The number of unbranched alkanes of at least 4 members (excludes halogenated alkanes) is 13. The molecule has 0 bridgehead atoms. The molecular weight excluding hydrogens is 617 g/mol. The first-order valence-electron chi connectivity index (χ1n) is 20.9. The second-order valence-electron chi connectivity index (χ2n) is 15.3. The van der Waals surface area contributed by atoms with Crippen LogP contribution in [0.1, 0.15) is 194 Å². The fourth-order valence-corrected chi connectivity index (χ4v) is 7.99. The van der Waals surface area contributed by atoms with E-state index in [1.54, 1.807) is 0 Å². The van der Waals surface area contributed by atoms with Crippen molar-refractivity contribution in [3.63, 3.8) is 0 Å². The van der Waals surface area contributed by atoms with Gasteiger partial charge in [-0.25, -0.2) is 0 Å². The predicted molar refractivity (Wildman–Crippen MR) is 225 cm³/mol. The molecule has 276 valence electrons. The predicted octanol–water partition coefficient (Wildman–Crippen LogP) is 14.7. The van der Waals surface area contributed by atoms with Crippen LogP contribution in [0.25, 0.3) is 0 Å². The maximum atomic E-state index is 6.10. The van der Waals surface area contributed by atoms with E-state index in [-0.39, 0.29) is 0 Å². The van der Waals surface area contributed by atoms with Crippen molar-refractivity contribution in [2.75, 3.05) is 11.5 Å². The second-order valence-corrected chi connectivity index (χ2v) is 15.3. The van der Waals surface area contributed by atoms with Crippen LogP contribution < -0.4 is 11.5 Å². The van der Waals surface area contributed by atoms with Crippen LogP contribution in [0.15, 0.2) is 97.1 Å². The average Bonchev–Trinajstić information content (AvgIpc) is 3.16. The molecular formula is C49H70N2. The van der Waals surface area contributed by atoms with Gasteiger partial charge in [0.15, 0.2) is 0 Å². The van der Waals surface area contributed by atoms with Crippen LogP contribution in [-0.2, 0) is 0 Å². The Balaban J connectivity index is 1.54. The fraction of sp³-hybridized carbons (Fsp3) is 0.510. The highest BCUT2D eigenvalue weighted by atomic mass is 14.5. The molecule has 2 heteroatoms. The van der Waals surface area contributed by atoms with Gasteiger partial charge in [0.25, 0.3) is 0 Å². The number of nitrogen functional groups attached to an aromatic ring is 2. The summed E-state index contributed by atoms with van der Waals surface area (Å²) in [7, 11) is 0. The van der Waals surface area contributed by atoms with Crippen molar-refractivity contribution in [2.45, 2.75) is 161 Å². The van der Waals surface area contributed by atoms with Gasteiger partial charge in [0.05, 0.1) is 0 Å². The van der Waals surface area contributed by atoms with Crippen molar-refractivity contribution < 1.29 is 0 Å². The van der Waals surface area contributed by atoms with Gasteiger partial charge in [-0.3, -0.25) is 0 Å². The summed E-state index contributed by atoms with van der Waals surface area (Å²) < 4.78 is 0. The quantitative estimate of drug-likeness (QED) is 0.0538. The molecule has 4 rings (SSSR count). The lowest BCUT2D eigenvalue weighted by Crippen LogP contribution is -2.06. The smallest absolute Gasteiger partial charge is 0.0314 e. The summed E-state index contributed by atoms with van der Waals surface area (Å²) in [6.07, 6.45) is 24.6. The molecule has 51 heavy (non-hydrogen) atoms. The Hall–Kier alpha value is -3.52. The molecule has 0 saturated heterocycles. The summed E-state index contributed by atoms with van der Waals surface area (Å²) in [4.78, 5) is 0. The Morgan fingerprint density at radius 1 is 0.294 bits per heavy atom. The molecule has 0 heterocycles. The van der Waals surface area contributed by atoms with Gasteiger partial charge in [-0.15, -0.1) is 0 Å². The van der Waals surface area contributed by atoms with E-state index in [0.717, 1.165) is 11.4 Å². The average molecular weight is 687 g/mol. The largest absolute Gasteiger partial charge is 0.399 e. The van der Waals surface area contributed by atoms with Crippen molar-refractivity contribution >= 4 is 11.4 Å². The standard InChI is InChI=1S/C49H70N2/c1-4-7-10-13-15-18-21-48(43-31-35-45(50)36-32-43)41-27-23-39(24-28-41)47(20-17-12-9-6-3)40-25-29-42(30-26-40)49(22-19-16-14-11-8-5-2)44-33-37-46(51)38-34-44/h23-38,47-49H,4-22,50-51H2,1-3H3. The number of anilines is 2. The first kappa shape index (κ1) is 40.3. The summed E-state index contributed by atoms with van der Waals surface area (Å²) in [5.41, 5.74) is 22.4. The molecule has 0 amide bonds. The molecule has 4 aromatic rings. The molecule has 0 aliphatic carbocycles. The summed E-state index contributed by atoms with van der Waals surface area (Å²) >= 11 is 0. The zero-order valence-corrected chi connectivity index (χ0v) is 32.6. The van der Waals surface area contributed by atoms with Crippen molar-refractivity contribution in [1.29, 1.82) is 0 Å². The Kier molecular flexibility index (Phi) is 18.3. The maximum Gasteiger partial charge on any atom is 0.0314 e. The second kappa shape index (κ2) is 23.1. The number of nitrogens with two attached hydrogens (primary N) is 2. The zero-order valence-electron chi connectivity index (χ0n) is 32.6. The molecule has 0 radical (unpaired) electrons. The molecule has 0 saturated carbocycles. The molecule has 2 unspecified atom stereocenters. The Morgan fingerprint density at radius 2 is 0.490 bits per heavy atom. The van der Waals surface area contributed by atoms with Gasteiger partial charge < -0.3 is 11.5 Å². The lowest BCUT2D eigenvalue weighted by atomic mass is 9.82. The summed E-state index contributed by atoms with van der Waals surface area (Å²) in [5.74, 6) is 1.22. The van der Waals surface area contributed by atoms with Crippen LogP contribution in [0, 0.1) is 0 Å². The van der Waals surface area contributed by atoms with Gasteiger partial charge in [0.2, 0.25) is 0 Å². The topological polar surface area (TPSA) is 52.0 Å². The van der Waals surface area contributed by atoms with Gasteiger partial charge in [-0.05, 0) is 76.9 Å². The Morgan fingerprint density at radius 3 is 0.745 bits per heavy atom. The van der Waals surface area contributed by atoms with E-state index in [2.05, 4.69) is 118 Å². The monoisotopic (exact) mass is 687 g/mol. The Bertz CT molecular complexity index is 1340. The third-order valence-corrected chi connectivity index (χ3v) is 11.2. The fourth-order valence-electron chi connectivity index (χ4n) is 7.99. The van der Waals surface area contributed by atoms with E-state index < -0.39 is 0 Å². The minimum atomic E-state index is 0.407. The van der Waals surface area contributed by atoms with E-state index in [4.69, 9.17) is 11.5 Å². The third-order valence-electron chi connectivity index (χ3n) is 11.2. The number of benzene rings is 4. The van der Waals surface area contributed by atoms with Gasteiger partial charge in [0, 0.05) is 29.1 Å². The highest BCUT2D eigenvalue weighted by molar-refractivity contribution is 5.45. The minimum absolute atomic E-state index is 0.407. The minimum Gasteiger partial charge on any atom is -0.399 e. The zero-order chi connectivity index (χ0) is 36.1. The maximum absolute atomic E-state index is 6.10. The van der Waals surface area contributed by atoms with Gasteiger partial charge >= 0.3 is 0 Å². The molecule has 2 atom stereocenters. The van der Waals surface area contributed by atoms with Crippen LogP contribution in [0.4, 0.5) is 11.4 Å². The summed E-state index contributed by atoms with van der Waals surface area (Å²) in [6.45, 7) is 6.89. The van der Waals surface area contributed by atoms with Crippen LogP contribution in [0.5, 0.6) is 0 Å². The SMILES string of the molecule is CCCCCCCCC(c1ccc(N)cc1)c1ccc(C(CCCCCC)c2ccc(C(CCCCCCCC)c3ccc(N)cc3)cc2)cc1. The number of hydrogen-bond acceptors (Lipinski definition) is 2. The Labute approximate surface area is 312 Å². The van der Waals surface area contributed by atoms with E-state index >= 15 is 0 Å². The van der Waals surface area contributed by atoms with Gasteiger partial charge in [-0.1, -0.05) is 196 Å². The molecule has 0 aliphatic heterocycles. The molecule has 4 aromatic carbocycles. The lowest BCUT2D eigenvalue weighted by molar-refractivity contribution is 0.567. The van der Waals surface area contributed by atoms with Crippen molar-refractivity contribution in [3.8, 4) is 0 Å². The molecule has 4 N–H and O–H groups in total. The van der Waals surface area contributed by atoms with Crippen LogP contribution >= 0.6 is 0 Å². The van der Waals surface area contributed by atoms with Crippen LogP contribution in [0.2, 0.25) is 0 Å². The van der Waals surface area contributed by atoms with E-state index in [1.807, 2.05) is 0 Å². The van der Waals surface area contributed by atoms with E-state index in [9.17, 15) is 0 Å². The van der Waals surface area contributed by atoms with Crippen molar-refractivity contribution in [3.05, 3.63) is 130 Å². The van der Waals surface area contributed by atoms with Crippen LogP contribution in [0.3, 0.4) is 0 Å². The number of rotatable bonds is 25. The summed E-state index contributed by atoms with van der Waals surface area (Å²) in [5, 5.41) is 0. The highest BCUT2D eigenvalue weighted by Gasteiger charge is 2.20. The lowest BCUT2D eigenvalue weighted by Gasteiger charge is -2.23. The summed E-state index contributed by atoms with van der Waals surface area (Å²) in [6, 6.07) is 36.7. The van der Waals surface area contributed by atoms with E-state index in [1.165, 1.54) is 155 Å². The van der Waals surface area contributed by atoms with Gasteiger partial charge in [-0.2, -0.15) is 0 Å². The first-order valence-corrected chi connectivity index (χ1v) is 20.9. The molecule has 0 aromatic heterocycles. The molecule has 0 aliphatic rings. The van der Waals surface area contributed by atoms with E-state index in [0.29, 0.717) is 17.8 Å². The number of hydrogen-bond donors (Lipinski definition) is 2. The van der Waals surface area contributed by atoms with Crippen LogP contribution in [-0.4, -0.2) is 0 Å². The molecule has 2 nitrogen and oxygen atoms in total. The van der Waals surface area contributed by atoms with Crippen molar-refractivity contribution in [2.24, 2.45) is 0 Å². The first-order chi connectivity index (χ1) is 25.0. The third kappa shape index (κ3) is 13.5.